The molecule has 1 heteroatoms. The predicted molar refractivity (Wildman–Crippen MR) is 189 cm³/mol. The summed E-state index contributed by atoms with van der Waals surface area (Å²) in [7, 11) is 0. The van der Waals surface area contributed by atoms with Crippen LogP contribution in [0.5, 0.6) is 0 Å². The van der Waals surface area contributed by atoms with Gasteiger partial charge in [-0.3, -0.25) is 0 Å². The summed E-state index contributed by atoms with van der Waals surface area (Å²) >= 11 is 0. The number of hydrogen-bond acceptors (Lipinski definition) is 1. The molecule has 0 saturated heterocycles. The summed E-state index contributed by atoms with van der Waals surface area (Å²) in [5.41, 5.74) is 14.0. The molecule has 0 heterocycles. The quantitative estimate of drug-likeness (QED) is 0.205. The molecule has 0 amide bonds. The van der Waals surface area contributed by atoms with Crippen molar-refractivity contribution in [3.8, 4) is 22.3 Å². The minimum absolute atomic E-state index is 0.0933. The van der Waals surface area contributed by atoms with E-state index in [2.05, 4.69) is 172 Å². The smallest absolute Gasteiger partial charge is 0.0546 e. The largest absolute Gasteiger partial charge is 0.310 e. The lowest BCUT2D eigenvalue weighted by Crippen LogP contribution is -2.17. The maximum Gasteiger partial charge on any atom is 0.0546 e. The van der Waals surface area contributed by atoms with Crippen molar-refractivity contribution >= 4 is 38.6 Å². The van der Waals surface area contributed by atoms with Crippen LogP contribution in [0.3, 0.4) is 0 Å². The van der Waals surface area contributed by atoms with Crippen LogP contribution in [0.1, 0.15) is 36.1 Å². The monoisotopic (exact) mass is 565 g/mol. The molecule has 1 nitrogen and oxygen atoms in total. The molecule has 0 fully saturated rings. The molecule has 1 aliphatic rings. The van der Waals surface area contributed by atoms with E-state index in [1.165, 1.54) is 77.4 Å². The summed E-state index contributed by atoms with van der Waals surface area (Å²) in [4.78, 5) is 2.48. The lowest BCUT2D eigenvalue weighted by molar-refractivity contribution is 0.660. The topological polar surface area (TPSA) is 3.24 Å². The molecule has 0 aromatic heterocycles. The van der Waals surface area contributed by atoms with E-state index in [0.717, 1.165) is 5.69 Å². The Morgan fingerprint density at radius 1 is 0.432 bits per heavy atom. The number of hydrogen-bond donors (Lipinski definition) is 0. The minimum Gasteiger partial charge on any atom is -0.310 e. The molecule has 212 valence electrons. The molecule has 0 saturated carbocycles. The number of benzene rings is 7. The van der Waals surface area contributed by atoms with Crippen LogP contribution in [0.4, 0.5) is 17.1 Å². The second-order valence-electron chi connectivity index (χ2n) is 12.8. The molecule has 0 aliphatic heterocycles. The van der Waals surface area contributed by atoms with Crippen LogP contribution in [-0.4, -0.2) is 0 Å². The van der Waals surface area contributed by atoms with Crippen LogP contribution in [0, 0.1) is 13.8 Å². The van der Waals surface area contributed by atoms with Crippen LogP contribution < -0.4 is 4.90 Å². The third-order valence-electron chi connectivity index (χ3n) is 9.68. The zero-order valence-electron chi connectivity index (χ0n) is 25.7. The number of rotatable bonds is 4. The van der Waals surface area contributed by atoms with Gasteiger partial charge >= 0.3 is 0 Å². The predicted octanol–water partition coefficient (Wildman–Crippen LogP) is 12.1. The Morgan fingerprint density at radius 2 is 1.05 bits per heavy atom. The van der Waals surface area contributed by atoms with Crippen LogP contribution in [0.15, 0.2) is 140 Å². The highest BCUT2D eigenvalue weighted by molar-refractivity contribution is 6.00. The fourth-order valence-electron chi connectivity index (χ4n) is 7.34. The van der Waals surface area contributed by atoms with Crippen molar-refractivity contribution in [2.24, 2.45) is 0 Å². The van der Waals surface area contributed by atoms with Crippen LogP contribution in [0.2, 0.25) is 0 Å². The summed E-state index contributed by atoms with van der Waals surface area (Å²) in [6.45, 7) is 9.20. The average Bonchev–Trinajstić information content (AvgIpc) is 3.28. The van der Waals surface area contributed by atoms with E-state index in [1.54, 1.807) is 0 Å². The molecule has 44 heavy (non-hydrogen) atoms. The van der Waals surface area contributed by atoms with Gasteiger partial charge in [-0.1, -0.05) is 117 Å². The number of aryl methyl sites for hydroxylation is 2. The fourth-order valence-corrected chi connectivity index (χ4v) is 7.34. The first-order valence-corrected chi connectivity index (χ1v) is 15.5. The van der Waals surface area contributed by atoms with Crippen molar-refractivity contribution in [3.05, 3.63) is 162 Å². The average molecular weight is 566 g/mol. The number of anilines is 3. The zero-order valence-corrected chi connectivity index (χ0v) is 25.7. The maximum absolute atomic E-state index is 2.48. The Bertz CT molecular complexity index is 2240. The molecular weight excluding hydrogens is 530 g/mol. The van der Waals surface area contributed by atoms with Crippen LogP contribution in [0.25, 0.3) is 43.8 Å². The Balaban J connectivity index is 1.43. The first-order valence-electron chi connectivity index (χ1n) is 15.5. The molecule has 0 spiro atoms. The van der Waals surface area contributed by atoms with Gasteiger partial charge in [0.15, 0.2) is 0 Å². The molecule has 0 unspecified atom stereocenters. The highest BCUT2D eigenvalue weighted by Gasteiger charge is 2.37. The highest BCUT2D eigenvalue weighted by Crippen LogP contribution is 2.52. The van der Waals surface area contributed by atoms with Gasteiger partial charge in [0, 0.05) is 22.4 Å². The summed E-state index contributed by atoms with van der Waals surface area (Å²) in [6.07, 6.45) is 0. The second kappa shape index (κ2) is 9.96. The first-order chi connectivity index (χ1) is 21.4. The van der Waals surface area contributed by atoms with E-state index in [1.807, 2.05) is 0 Å². The Hall–Kier alpha value is -5.14. The SMILES string of the molecule is Cc1ccccc1-c1cc2ccccc2cc1N(c1ccc2c(c1)C(C)(C)c1cccc(C)c1-2)c1ccc2ccccc2c1. The van der Waals surface area contributed by atoms with Crippen molar-refractivity contribution in [1.29, 1.82) is 0 Å². The van der Waals surface area contributed by atoms with Gasteiger partial charge in [-0.25, -0.2) is 0 Å². The van der Waals surface area contributed by atoms with Gasteiger partial charge in [0.2, 0.25) is 0 Å². The van der Waals surface area contributed by atoms with Gasteiger partial charge in [0.25, 0.3) is 0 Å². The molecule has 7 aromatic carbocycles. The molecule has 0 atom stereocenters. The van der Waals surface area contributed by atoms with Gasteiger partial charge in [-0.05, 0) is 111 Å². The molecule has 0 bridgehead atoms. The van der Waals surface area contributed by atoms with Crippen molar-refractivity contribution < 1.29 is 0 Å². The van der Waals surface area contributed by atoms with E-state index >= 15 is 0 Å². The Kier molecular flexibility index (Phi) is 6.00. The van der Waals surface area contributed by atoms with E-state index < -0.39 is 0 Å². The third kappa shape index (κ3) is 4.07. The zero-order chi connectivity index (χ0) is 30.0. The first kappa shape index (κ1) is 26.5. The fraction of sp³-hybridized carbons (Fsp3) is 0.116. The van der Waals surface area contributed by atoms with Gasteiger partial charge < -0.3 is 4.90 Å². The van der Waals surface area contributed by atoms with Gasteiger partial charge in [0.05, 0.1) is 5.69 Å². The maximum atomic E-state index is 2.48. The van der Waals surface area contributed by atoms with Crippen molar-refractivity contribution in [3.63, 3.8) is 0 Å². The van der Waals surface area contributed by atoms with Gasteiger partial charge in [-0.2, -0.15) is 0 Å². The standard InChI is InChI=1S/C43H35N/c1-28-12-5-10-18-36(28)38-25-32-16-8-9-17-33(32)26-41(38)44(34-21-20-30-14-6-7-15-31(30)24-34)35-22-23-37-40(27-35)43(3,4)39-19-11-13-29(2)42(37)39/h5-27H,1-4H3. The molecule has 0 N–H and O–H groups in total. The minimum atomic E-state index is -0.0933. The summed E-state index contributed by atoms with van der Waals surface area (Å²) in [5.74, 6) is 0. The Morgan fingerprint density at radius 3 is 1.82 bits per heavy atom. The van der Waals surface area contributed by atoms with Crippen LogP contribution >= 0.6 is 0 Å². The lowest BCUT2D eigenvalue weighted by atomic mass is 9.82. The summed E-state index contributed by atoms with van der Waals surface area (Å²) < 4.78 is 0. The van der Waals surface area contributed by atoms with Crippen molar-refractivity contribution in [2.75, 3.05) is 4.90 Å². The molecular formula is C43H35N. The normalized spacial score (nSPS) is 13.2. The van der Waals surface area contributed by atoms with Crippen LogP contribution in [-0.2, 0) is 5.41 Å². The number of nitrogens with zero attached hydrogens (tertiary/aromatic N) is 1. The van der Waals surface area contributed by atoms with E-state index in [4.69, 9.17) is 0 Å². The third-order valence-corrected chi connectivity index (χ3v) is 9.68. The van der Waals surface area contributed by atoms with Gasteiger partial charge in [0.1, 0.15) is 0 Å². The van der Waals surface area contributed by atoms with E-state index in [9.17, 15) is 0 Å². The van der Waals surface area contributed by atoms with Gasteiger partial charge in [-0.15, -0.1) is 0 Å². The highest BCUT2D eigenvalue weighted by atomic mass is 15.1. The molecule has 7 aromatic rings. The molecule has 8 rings (SSSR count). The summed E-state index contributed by atoms with van der Waals surface area (Å²) in [5, 5.41) is 4.96. The van der Waals surface area contributed by atoms with Crippen molar-refractivity contribution in [2.45, 2.75) is 33.1 Å². The van der Waals surface area contributed by atoms with Crippen molar-refractivity contribution in [1.82, 2.24) is 0 Å². The second-order valence-corrected chi connectivity index (χ2v) is 12.8. The van der Waals surface area contributed by atoms with E-state index in [0.29, 0.717) is 0 Å². The summed E-state index contributed by atoms with van der Waals surface area (Å²) in [6, 6.07) is 51.6. The van der Waals surface area contributed by atoms with E-state index in [-0.39, 0.29) is 5.41 Å². The number of fused-ring (bicyclic) bond motifs is 5. The Labute approximate surface area is 260 Å². The molecule has 0 radical (unpaired) electrons. The molecule has 1 aliphatic carbocycles. The lowest BCUT2D eigenvalue weighted by Gasteiger charge is -2.30.